The van der Waals surface area contributed by atoms with Crippen LogP contribution < -0.4 is 5.73 Å². The summed E-state index contributed by atoms with van der Waals surface area (Å²) in [7, 11) is 3.46. The average Bonchev–Trinajstić information content (AvgIpc) is 2.50. The summed E-state index contributed by atoms with van der Waals surface area (Å²) < 4.78 is 10.5. The second-order valence-corrected chi connectivity index (χ2v) is 5.69. The molecule has 0 aromatic heterocycles. The van der Waals surface area contributed by atoms with Gasteiger partial charge >= 0.3 is 0 Å². The summed E-state index contributed by atoms with van der Waals surface area (Å²) in [6.45, 7) is 7.58. The molecule has 0 saturated heterocycles. The van der Waals surface area contributed by atoms with Gasteiger partial charge in [-0.05, 0) is 11.5 Å². The fourth-order valence-electron chi connectivity index (χ4n) is 2.76. The molecule has 2 atom stereocenters. The lowest BCUT2D eigenvalue weighted by Crippen LogP contribution is -2.48. The lowest BCUT2D eigenvalue weighted by molar-refractivity contribution is 0.0609. The average molecular weight is 294 g/mol. The minimum atomic E-state index is -0.0140. The lowest BCUT2D eigenvalue weighted by atomic mass is 9.90. The fourth-order valence-corrected chi connectivity index (χ4v) is 2.76. The zero-order valence-corrected chi connectivity index (χ0v) is 13.8. The van der Waals surface area contributed by atoms with Crippen LogP contribution in [0.5, 0.6) is 0 Å². The monoisotopic (exact) mass is 294 g/mol. The summed E-state index contributed by atoms with van der Waals surface area (Å²) in [5.41, 5.74) is 7.74. The SMILES string of the molecule is COCCN(CCOC)C(C(C)C)C(N)c1ccccc1. The third-order valence-corrected chi connectivity index (χ3v) is 3.82. The molecule has 0 radical (unpaired) electrons. The molecule has 2 N–H and O–H groups in total. The molecular weight excluding hydrogens is 264 g/mol. The van der Waals surface area contributed by atoms with Crippen LogP contribution >= 0.6 is 0 Å². The Labute approximate surface area is 129 Å². The third kappa shape index (κ3) is 5.75. The molecule has 21 heavy (non-hydrogen) atoms. The van der Waals surface area contributed by atoms with Crippen LogP contribution in [-0.2, 0) is 9.47 Å². The predicted octanol–water partition coefficient (Wildman–Crippen LogP) is 2.31. The van der Waals surface area contributed by atoms with Gasteiger partial charge in [-0.2, -0.15) is 0 Å². The normalized spacial score (nSPS) is 14.6. The van der Waals surface area contributed by atoms with Gasteiger partial charge in [0.05, 0.1) is 13.2 Å². The summed E-state index contributed by atoms with van der Waals surface area (Å²) >= 11 is 0. The number of hydrogen-bond acceptors (Lipinski definition) is 4. The van der Waals surface area contributed by atoms with Crippen molar-refractivity contribution < 1.29 is 9.47 Å². The van der Waals surface area contributed by atoms with Crippen molar-refractivity contribution in [3.8, 4) is 0 Å². The van der Waals surface area contributed by atoms with Gasteiger partial charge in [-0.15, -0.1) is 0 Å². The summed E-state index contributed by atoms with van der Waals surface area (Å²) in [5, 5.41) is 0. The van der Waals surface area contributed by atoms with Gasteiger partial charge in [0.15, 0.2) is 0 Å². The Morgan fingerprint density at radius 1 is 1.00 bits per heavy atom. The Bertz CT molecular complexity index is 362. The first-order chi connectivity index (χ1) is 10.1. The smallest absolute Gasteiger partial charge is 0.0589 e. The van der Waals surface area contributed by atoms with Crippen molar-refractivity contribution in [3.63, 3.8) is 0 Å². The molecule has 1 aromatic rings. The molecule has 120 valence electrons. The molecule has 0 amide bonds. The van der Waals surface area contributed by atoms with E-state index in [4.69, 9.17) is 15.2 Å². The summed E-state index contributed by atoms with van der Waals surface area (Å²) in [5.74, 6) is 0.453. The van der Waals surface area contributed by atoms with Crippen LogP contribution in [0.2, 0.25) is 0 Å². The minimum absolute atomic E-state index is 0.0140. The second kappa shape index (κ2) is 9.90. The van der Waals surface area contributed by atoms with Crippen LogP contribution in [0.15, 0.2) is 30.3 Å². The Balaban J connectivity index is 2.88. The maximum Gasteiger partial charge on any atom is 0.0589 e. The van der Waals surface area contributed by atoms with Gasteiger partial charge in [0.1, 0.15) is 0 Å². The summed E-state index contributed by atoms with van der Waals surface area (Å²) in [6, 6.07) is 10.6. The molecule has 1 rings (SSSR count). The van der Waals surface area contributed by atoms with Gasteiger partial charge in [-0.25, -0.2) is 0 Å². The van der Waals surface area contributed by atoms with Gasteiger partial charge in [0.25, 0.3) is 0 Å². The molecule has 0 bridgehead atoms. The predicted molar refractivity (Wildman–Crippen MR) is 87.3 cm³/mol. The molecule has 0 aliphatic heterocycles. The number of nitrogens with two attached hydrogens (primary N) is 1. The highest BCUT2D eigenvalue weighted by Gasteiger charge is 2.28. The summed E-state index contributed by atoms with van der Waals surface area (Å²) in [4.78, 5) is 2.38. The van der Waals surface area contributed by atoms with E-state index in [9.17, 15) is 0 Å². The Morgan fingerprint density at radius 2 is 1.52 bits per heavy atom. The molecule has 0 spiro atoms. The number of rotatable bonds is 10. The van der Waals surface area contributed by atoms with Gasteiger partial charge in [0.2, 0.25) is 0 Å². The highest BCUT2D eigenvalue weighted by molar-refractivity contribution is 5.20. The zero-order chi connectivity index (χ0) is 15.7. The van der Waals surface area contributed by atoms with Crippen molar-refractivity contribution in [2.75, 3.05) is 40.5 Å². The van der Waals surface area contributed by atoms with E-state index in [0.717, 1.165) is 13.1 Å². The van der Waals surface area contributed by atoms with Crippen LogP contribution in [0.3, 0.4) is 0 Å². The van der Waals surface area contributed by atoms with E-state index < -0.39 is 0 Å². The van der Waals surface area contributed by atoms with Crippen molar-refractivity contribution in [2.45, 2.75) is 25.9 Å². The molecule has 0 aliphatic carbocycles. The molecule has 2 unspecified atom stereocenters. The minimum Gasteiger partial charge on any atom is -0.383 e. The van der Waals surface area contributed by atoms with Crippen LogP contribution in [0.4, 0.5) is 0 Å². The van der Waals surface area contributed by atoms with Crippen LogP contribution in [0, 0.1) is 5.92 Å². The number of benzene rings is 1. The lowest BCUT2D eigenvalue weighted by Gasteiger charge is -2.38. The second-order valence-electron chi connectivity index (χ2n) is 5.69. The molecule has 4 nitrogen and oxygen atoms in total. The van der Waals surface area contributed by atoms with E-state index >= 15 is 0 Å². The molecule has 0 fully saturated rings. The molecule has 4 heteroatoms. The Morgan fingerprint density at radius 3 is 1.95 bits per heavy atom. The third-order valence-electron chi connectivity index (χ3n) is 3.82. The standard InChI is InChI=1S/C17H30N2O2/c1-14(2)17(16(18)15-8-6-5-7-9-15)19(10-12-20-3)11-13-21-4/h5-9,14,16-17H,10-13,18H2,1-4H3. The van der Waals surface area contributed by atoms with Crippen LogP contribution in [-0.4, -0.2) is 51.5 Å². The number of hydrogen-bond donors (Lipinski definition) is 1. The van der Waals surface area contributed by atoms with E-state index in [1.165, 1.54) is 5.56 Å². The Hall–Kier alpha value is -0.940. The van der Waals surface area contributed by atoms with Crippen molar-refractivity contribution in [1.82, 2.24) is 4.90 Å². The topological polar surface area (TPSA) is 47.7 Å². The fraction of sp³-hybridized carbons (Fsp3) is 0.647. The van der Waals surface area contributed by atoms with E-state index in [1.807, 2.05) is 18.2 Å². The van der Waals surface area contributed by atoms with Gasteiger partial charge in [-0.3, -0.25) is 4.90 Å². The molecule has 0 aliphatic rings. The first kappa shape index (κ1) is 18.1. The van der Waals surface area contributed by atoms with Crippen molar-refractivity contribution in [1.29, 1.82) is 0 Å². The molecular formula is C17H30N2O2. The van der Waals surface area contributed by atoms with Gasteiger partial charge in [0, 0.05) is 39.4 Å². The van der Waals surface area contributed by atoms with E-state index in [-0.39, 0.29) is 12.1 Å². The largest absolute Gasteiger partial charge is 0.383 e. The van der Waals surface area contributed by atoms with E-state index in [0.29, 0.717) is 19.1 Å². The number of methoxy groups -OCH3 is 2. The van der Waals surface area contributed by atoms with Gasteiger partial charge < -0.3 is 15.2 Å². The number of ether oxygens (including phenoxy) is 2. The highest BCUT2D eigenvalue weighted by atomic mass is 16.5. The van der Waals surface area contributed by atoms with Crippen LogP contribution in [0.25, 0.3) is 0 Å². The quantitative estimate of drug-likeness (QED) is 0.719. The van der Waals surface area contributed by atoms with Crippen molar-refractivity contribution in [2.24, 2.45) is 11.7 Å². The number of nitrogens with zero attached hydrogens (tertiary/aromatic N) is 1. The molecule has 0 heterocycles. The highest BCUT2D eigenvalue weighted by Crippen LogP contribution is 2.24. The first-order valence-electron chi connectivity index (χ1n) is 7.64. The summed E-state index contributed by atoms with van der Waals surface area (Å²) in [6.07, 6.45) is 0. The van der Waals surface area contributed by atoms with Gasteiger partial charge in [-0.1, -0.05) is 44.2 Å². The maximum absolute atomic E-state index is 6.56. The zero-order valence-electron chi connectivity index (χ0n) is 13.8. The van der Waals surface area contributed by atoms with E-state index in [1.54, 1.807) is 14.2 Å². The van der Waals surface area contributed by atoms with E-state index in [2.05, 4.69) is 30.9 Å². The van der Waals surface area contributed by atoms with Crippen molar-refractivity contribution in [3.05, 3.63) is 35.9 Å². The Kier molecular flexibility index (Phi) is 8.54. The van der Waals surface area contributed by atoms with Crippen molar-refractivity contribution >= 4 is 0 Å². The molecule has 1 aromatic carbocycles. The molecule has 0 saturated carbocycles. The van der Waals surface area contributed by atoms with Crippen LogP contribution in [0.1, 0.15) is 25.5 Å². The maximum atomic E-state index is 6.56. The first-order valence-corrected chi connectivity index (χ1v) is 7.64.